The van der Waals surface area contributed by atoms with Crippen LogP contribution < -0.4 is 10.0 Å². The minimum Gasteiger partial charge on any atom is -0.618 e. The number of hydrogen-bond acceptors (Lipinski definition) is 4. The summed E-state index contributed by atoms with van der Waals surface area (Å²) in [5, 5.41) is 18.9. The Bertz CT molecular complexity index is 669. The molecule has 0 fully saturated rings. The number of carbonyl (C=O) groups is 1. The monoisotopic (exact) mass is 306 g/mol. The molecule has 7 heteroatoms. The number of nitrogens with one attached hydrogen (secondary N) is 1. The van der Waals surface area contributed by atoms with E-state index in [1.54, 1.807) is 29.8 Å². The van der Waals surface area contributed by atoms with Crippen LogP contribution >= 0.6 is 11.8 Å². The van der Waals surface area contributed by atoms with Gasteiger partial charge in [0.15, 0.2) is 6.20 Å². The standard InChI is InChI=1S/C14H18N4O2S/c1-9-13(10(2)17(4)16-9)15-14(19)11(3)21-12-7-5-6-8-18(12)20/h5-8,11H,1-4H3,(H,15,19)/t11-/m1/s1. The summed E-state index contributed by atoms with van der Waals surface area (Å²) >= 11 is 1.23. The van der Waals surface area contributed by atoms with E-state index in [9.17, 15) is 10.0 Å². The summed E-state index contributed by atoms with van der Waals surface area (Å²) in [4.78, 5) is 12.3. The molecule has 1 amide bonds. The van der Waals surface area contributed by atoms with E-state index in [0.717, 1.165) is 21.8 Å². The first-order valence-corrected chi connectivity index (χ1v) is 7.44. The van der Waals surface area contributed by atoms with E-state index >= 15 is 0 Å². The van der Waals surface area contributed by atoms with Crippen molar-refractivity contribution in [2.45, 2.75) is 31.0 Å². The molecule has 2 aromatic rings. The number of thioether (sulfide) groups is 1. The first kappa shape index (κ1) is 15.4. The molecule has 21 heavy (non-hydrogen) atoms. The molecule has 6 nitrogen and oxygen atoms in total. The fourth-order valence-corrected chi connectivity index (χ4v) is 2.77. The first-order chi connectivity index (χ1) is 9.90. The summed E-state index contributed by atoms with van der Waals surface area (Å²) in [6, 6.07) is 5.13. The van der Waals surface area contributed by atoms with Crippen molar-refractivity contribution < 1.29 is 9.52 Å². The van der Waals surface area contributed by atoms with E-state index in [2.05, 4.69) is 10.4 Å². The molecule has 2 rings (SSSR count). The van der Waals surface area contributed by atoms with Crippen molar-refractivity contribution >= 4 is 23.4 Å². The minimum atomic E-state index is -0.383. The van der Waals surface area contributed by atoms with Crippen LogP contribution in [-0.2, 0) is 11.8 Å². The highest BCUT2D eigenvalue weighted by atomic mass is 32.2. The van der Waals surface area contributed by atoms with Crippen molar-refractivity contribution in [2.75, 3.05) is 5.32 Å². The molecule has 0 aliphatic rings. The van der Waals surface area contributed by atoms with E-state index in [1.807, 2.05) is 20.9 Å². The number of anilines is 1. The molecule has 0 spiro atoms. The lowest BCUT2D eigenvalue weighted by molar-refractivity contribution is -0.645. The maximum Gasteiger partial charge on any atom is 0.252 e. The summed E-state index contributed by atoms with van der Waals surface area (Å²) in [5.41, 5.74) is 2.41. The van der Waals surface area contributed by atoms with Crippen LogP contribution in [0.2, 0.25) is 0 Å². The highest BCUT2D eigenvalue weighted by Crippen LogP contribution is 2.23. The van der Waals surface area contributed by atoms with Gasteiger partial charge in [0.1, 0.15) is 0 Å². The van der Waals surface area contributed by atoms with Crippen LogP contribution in [0.5, 0.6) is 0 Å². The number of carbonyl (C=O) groups excluding carboxylic acids is 1. The van der Waals surface area contributed by atoms with Crippen LogP contribution in [0.15, 0.2) is 29.4 Å². The summed E-state index contributed by atoms with van der Waals surface area (Å²) in [6.07, 6.45) is 1.42. The third-order valence-electron chi connectivity index (χ3n) is 3.21. The summed E-state index contributed by atoms with van der Waals surface area (Å²) in [6.45, 7) is 5.52. The molecule has 0 radical (unpaired) electrons. The zero-order chi connectivity index (χ0) is 15.6. The number of amides is 1. The van der Waals surface area contributed by atoms with Gasteiger partial charge in [0.25, 0.3) is 5.03 Å². The Morgan fingerprint density at radius 2 is 2.19 bits per heavy atom. The molecule has 0 unspecified atom stereocenters. The molecule has 0 bridgehead atoms. The summed E-state index contributed by atoms with van der Waals surface area (Å²) in [7, 11) is 1.83. The Labute approximate surface area is 127 Å². The van der Waals surface area contributed by atoms with Gasteiger partial charge >= 0.3 is 0 Å². The van der Waals surface area contributed by atoms with E-state index in [1.165, 1.54) is 18.0 Å². The fraction of sp³-hybridized carbons (Fsp3) is 0.357. The topological polar surface area (TPSA) is 73.9 Å². The molecule has 0 saturated carbocycles. The summed E-state index contributed by atoms with van der Waals surface area (Å²) in [5.74, 6) is -0.150. The molecule has 0 aliphatic carbocycles. The molecule has 0 aliphatic heterocycles. The Balaban J connectivity index is 2.08. The van der Waals surface area contributed by atoms with Crippen LogP contribution in [0.3, 0.4) is 0 Å². The molecule has 2 heterocycles. The largest absolute Gasteiger partial charge is 0.618 e. The summed E-state index contributed by atoms with van der Waals surface area (Å²) < 4.78 is 2.49. The average molecular weight is 306 g/mol. The number of pyridine rings is 1. The van der Waals surface area contributed by atoms with Crippen molar-refractivity contribution in [1.82, 2.24) is 9.78 Å². The van der Waals surface area contributed by atoms with Crippen molar-refractivity contribution in [3.63, 3.8) is 0 Å². The lowest BCUT2D eigenvalue weighted by atomic mass is 10.3. The second kappa shape index (κ2) is 6.17. The van der Waals surface area contributed by atoms with Gasteiger partial charge in [0.2, 0.25) is 5.91 Å². The van der Waals surface area contributed by atoms with E-state index in [0.29, 0.717) is 5.03 Å². The molecule has 1 atom stereocenters. The third kappa shape index (κ3) is 3.36. The maximum atomic E-state index is 12.3. The van der Waals surface area contributed by atoms with Crippen molar-refractivity contribution in [3.8, 4) is 0 Å². The molecule has 0 aromatic carbocycles. The maximum absolute atomic E-state index is 12.3. The van der Waals surface area contributed by atoms with Gasteiger partial charge in [-0.05, 0) is 38.6 Å². The second-order valence-corrected chi connectivity index (χ2v) is 6.14. The Morgan fingerprint density at radius 3 is 2.76 bits per heavy atom. The van der Waals surface area contributed by atoms with E-state index < -0.39 is 0 Å². The normalized spacial score (nSPS) is 12.2. The van der Waals surface area contributed by atoms with Gasteiger partial charge < -0.3 is 10.5 Å². The average Bonchev–Trinajstić information content (AvgIpc) is 2.67. The Kier molecular flexibility index (Phi) is 4.52. The van der Waals surface area contributed by atoms with Crippen molar-refractivity contribution in [2.24, 2.45) is 7.05 Å². The molecule has 112 valence electrons. The third-order valence-corrected chi connectivity index (χ3v) is 4.34. The van der Waals surface area contributed by atoms with Gasteiger partial charge in [0, 0.05) is 19.2 Å². The number of aromatic nitrogens is 3. The highest BCUT2D eigenvalue weighted by molar-refractivity contribution is 8.00. The van der Waals surface area contributed by atoms with Gasteiger partial charge in [-0.2, -0.15) is 9.83 Å². The van der Waals surface area contributed by atoms with E-state index in [-0.39, 0.29) is 11.2 Å². The molecule has 0 saturated heterocycles. The Hall–Kier alpha value is -2.02. The SMILES string of the molecule is Cc1nn(C)c(C)c1NC(=O)[C@@H](C)Sc1cccc[n+]1[O-]. The van der Waals surface area contributed by atoms with Gasteiger partial charge in [-0.3, -0.25) is 9.48 Å². The molecule has 2 aromatic heterocycles. The highest BCUT2D eigenvalue weighted by Gasteiger charge is 2.21. The van der Waals surface area contributed by atoms with Gasteiger partial charge in [0.05, 0.1) is 22.3 Å². The molecular weight excluding hydrogens is 288 g/mol. The van der Waals surface area contributed by atoms with Crippen LogP contribution in [0.4, 0.5) is 5.69 Å². The zero-order valence-corrected chi connectivity index (χ0v) is 13.3. The smallest absolute Gasteiger partial charge is 0.252 e. The molecular formula is C14H18N4O2S. The predicted molar refractivity (Wildman–Crippen MR) is 82.0 cm³/mol. The lowest BCUT2D eigenvalue weighted by Gasteiger charge is -2.11. The minimum absolute atomic E-state index is 0.150. The van der Waals surface area contributed by atoms with Crippen LogP contribution in [0.25, 0.3) is 0 Å². The number of rotatable bonds is 4. The second-order valence-electron chi connectivity index (χ2n) is 4.78. The van der Waals surface area contributed by atoms with Crippen LogP contribution in [0, 0.1) is 19.1 Å². The van der Waals surface area contributed by atoms with Crippen LogP contribution in [-0.4, -0.2) is 20.9 Å². The van der Waals surface area contributed by atoms with Crippen molar-refractivity contribution in [3.05, 3.63) is 41.0 Å². The van der Waals surface area contributed by atoms with Crippen LogP contribution in [0.1, 0.15) is 18.3 Å². The van der Waals surface area contributed by atoms with Crippen molar-refractivity contribution in [1.29, 1.82) is 0 Å². The van der Waals surface area contributed by atoms with Gasteiger partial charge in [-0.25, -0.2) is 0 Å². The first-order valence-electron chi connectivity index (χ1n) is 6.56. The van der Waals surface area contributed by atoms with Gasteiger partial charge in [-0.1, -0.05) is 0 Å². The molecule has 1 N–H and O–H groups in total. The van der Waals surface area contributed by atoms with E-state index in [4.69, 9.17) is 0 Å². The fourth-order valence-electron chi connectivity index (χ4n) is 1.92. The van der Waals surface area contributed by atoms with Gasteiger partial charge in [-0.15, -0.1) is 0 Å². The number of aryl methyl sites for hydroxylation is 2. The quantitative estimate of drug-likeness (QED) is 0.531. The lowest BCUT2D eigenvalue weighted by Crippen LogP contribution is -2.30. The number of hydrogen-bond donors (Lipinski definition) is 1. The zero-order valence-electron chi connectivity index (χ0n) is 12.5. The predicted octanol–water partition coefficient (Wildman–Crippen LogP) is 1.79. The number of nitrogens with zero attached hydrogens (tertiary/aromatic N) is 3. The Morgan fingerprint density at radius 1 is 1.48 bits per heavy atom.